The van der Waals surface area contributed by atoms with Gasteiger partial charge in [-0.2, -0.15) is 5.10 Å². The molecule has 28 heavy (non-hydrogen) atoms. The molecule has 2 aromatic heterocycles. The van der Waals surface area contributed by atoms with E-state index >= 15 is 0 Å². The van der Waals surface area contributed by atoms with Gasteiger partial charge in [-0.25, -0.2) is 4.39 Å². The minimum atomic E-state index is -0.350. The molecule has 5 nitrogen and oxygen atoms in total. The molecule has 1 amide bonds. The molecule has 0 fully saturated rings. The summed E-state index contributed by atoms with van der Waals surface area (Å²) < 4.78 is 15.3. The highest BCUT2D eigenvalue weighted by Crippen LogP contribution is 2.22. The lowest BCUT2D eigenvalue weighted by molar-refractivity contribution is 0.102. The highest BCUT2D eigenvalue weighted by Gasteiger charge is 2.16. The molecule has 0 aliphatic heterocycles. The first-order valence-corrected chi connectivity index (χ1v) is 8.96. The number of amides is 1. The number of anilines is 1. The Morgan fingerprint density at radius 3 is 2.64 bits per heavy atom. The molecule has 0 aliphatic carbocycles. The number of pyridine rings is 1. The van der Waals surface area contributed by atoms with Gasteiger partial charge in [0, 0.05) is 11.6 Å². The number of nitrogens with zero attached hydrogens (tertiary/aromatic N) is 3. The fourth-order valence-corrected chi connectivity index (χ4v) is 3.20. The van der Waals surface area contributed by atoms with E-state index in [2.05, 4.69) is 15.4 Å². The van der Waals surface area contributed by atoms with Gasteiger partial charge in [-0.1, -0.05) is 30.3 Å². The van der Waals surface area contributed by atoms with Gasteiger partial charge in [0.25, 0.3) is 5.91 Å². The van der Waals surface area contributed by atoms with Crippen molar-refractivity contribution in [3.63, 3.8) is 0 Å². The van der Waals surface area contributed by atoms with Crippen LogP contribution in [0.5, 0.6) is 0 Å². The Balaban J connectivity index is 1.59. The van der Waals surface area contributed by atoms with Crippen LogP contribution < -0.4 is 5.32 Å². The second kappa shape index (κ2) is 7.23. The van der Waals surface area contributed by atoms with Crippen LogP contribution in [0.15, 0.2) is 60.8 Å². The molecule has 4 aromatic rings. The summed E-state index contributed by atoms with van der Waals surface area (Å²) in [5.74, 6) is -0.699. The maximum atomic E-state index is 13.5. The van der Waals surface area contributed by atoms with Crippen LogP contribution in [0.25, 0.3) is 10.8 Å². The highest BCUT2D eigenvalue weighted by atomic mass is 19.1. The van der Waals surface area contributed by atoms with E-state index in [9.17, 15) is 9.18 Å². The molecule has 2 heterocycles. The number of aryl methyl sites for hydroxylation is 1. The van der Waals surface area contributed by atoms with E-state index in [0.29, 0.717) is 17.6 Å². The summed E-state index contributed by atoms with van der Waals surface area (Å²) in [5, 5.41) is 8.86. The van der Waals surface area contributed by atoms with Crippen molar-refractivity contribution in [2.75, 3.05) is 5.32 Å². The molecule has 0 bridgehead atoms. The average Bonchev–Trinajstić information content (AvgIpc) is 2.95. The Hall–Kier alpha value is -3.54. The Kier molecular flexibility index (Phi) is 4.61. The van der Waals surface area contributed by atoms with Gasteiger partial charge in [-0.15, -0.1) is 0 Å². The molecule has 0 saturated carbocycles. The largest absolute Gasteiger partial charge is 0.317 e. The van der Waals surface area contributed by atoms with Gasteiger partial charge in [0.1, 0.15) is 11.5 Å². The van der Waals surface area contributed by atoms with Gasteiger partial charge in [-0.05, 0) is 49.1 Å². The summed E-state index contributed by atoms with van der Waals surface area (Å²) in [6.45, 7) is 4.39. The van der Waals surface area contributed by atoms with E-state index in [1.165, 1.54) is 12.1 Å². The van der Waals surface area contributed by atoms with Crippen LogP contribution in [0.4, 0.5) is 10.1 Å². The molecular weight excluding hydrogens is 355 g/mol. The first-order chi connectivity index (χ1) is 13.5. The third-order valence-corrected chi connectivity index (χ3v) is 4.71. The van der Waals surface area contributed by atoms with E-state index in [1.54, 1.807) is 18.3 Å². The van der Waals surface area contributed by atoms with E-state index in [1.807, 2.05) is 48.9 Å². The third-order valence-electron chi connectivity index (χ3n) is 4.71. The Bertz CT molecular complexity index is 1170. The first-order valence-electron chi connectivity index (χ1n) is 8.96. The molecule has 1 N–H and O–H groups in total. The number of hydrogen-bond donors (Lipinski definition) is 1. The van der Waals surface area contributed by atoms with Crippen molar-refractivity contribution >= 4 is 22.4 Å². The van der Waals surface area contributed by atoms with Crippen molar-refractivity contribution < 1.29 is 9.18 Å². The predicted octanol–water partition coefficient (Wildman–Crippen LogP) is 4.49. The van der Waals surface area contributed by atoms with Crippen molar-refractivity contribution in [1.82, 2.24) is 14.8 Å². The Morgan fingerprint density at radius 1 is 1.07 bits per heavy atom. The SMILES string of the molecule is Cc1nn(Cc2ccccc2)c(C)c1NC(=O)c1cc2cc(F)ccc2cn1. The molecule has 0 aliphatic rings. The van der Waals surface area contributed by atoms with E-state index in [4.69, 9.17) is 0 Å². The average molecular weight is 374 g/mol. The first kappa shape index (κ1) is 17.9. The molecule has 4 rings (SSSR count). The zero-order chi connectivity index (χ0) is 19.7. The fourth-order valence-electron chi connectivity index (χ4n) is 3.20. The molecular formula is C22H19FN4O. The normalized spacial score (nSPS) is 11.0. The van der Waals surface area contributed by atoms with Gasteiger partial charge in [-0.3, -0.25) is 14.5 Å². The van der Waals surface area contributed by atoms with Gasteiger partial charge in [0.05, 0.1) is 23.6 Å². The van der Waals surface area contributed by atoms with E-state index < -0.39 is 0 Å². The van der Waals surface area contributed by atoms with Gasteiger partial charge >= 0.3 is 0 Å². The molecule has 0 saturated heterocycles. The number of hydrogen-bond acceptors (Lipinski definition) is 3. The monoisotopic (exact) mass is 374 g/mol. The molecule has 0 unspecified atom stereocenters. The second-order valence-electron chi connectivity index (χ2n) is 6.70. The predicted molar refractivity (Wildman–Crippen MR) is 107 cm³/mol. The van der Waals surface area contributed by atoms with Gasteiger partial charge in [0.15, 0.2) is 0 Å². The molecule has 0 spiro atoms. The van der Waals surface area contributed by atoms with Crippen molar-refractivity contribution in [3.05, 3.63) is 89.3 Å². The van der Waals surface area contributed by atoms with Crippen molar-refractivity contribution in [1.29, 1.82) is 0 Å². The van der Waals surface area contributed by atoms with Crippen molar-refractivity contribution in [3.8, 4) is 0 Å². The quantitative estimate of drug-likeness (QED) is 0.573. The standard InChI is InChI=1S/C22H19FN4O/c1-14-21(15(2)27(26-14)13-16-6-4-3-5-7-16)25-22(28)20-11-18-10-19(23)9-8-17(18)12-24-20/h3-12H,13H2,1-2H3,(H,25,28). The topological polar surface area (TPSA) is 59.8 Å². The summed E-state index contributed by atoms with van der Waals surface area (Å²) >= 11 is 0. The summed E-state index contributed by atoms with van der Waals surface area (Å²) in [5.41, 5.74) is 3.62. The minimum absolute atomic E-state index is 0.229. The van der Waals surface area contributed by atoms with Crippen LogP contribution in [0.1, 0.15) is 27.4 Å². The number of carbonyl (C=O) groups excluding carboxylic acids is 1. The highest BCUT2D eigenvalue weighted by molar-refractivity contribution is 6.05. The van der Waals surface area contributed by atoms with Crippen LogP contribution in [0, 0.1) is 19.7 Å². The van der Waals surface area contributed by atoms with Gasteiger partial charge < -0.3 is 5.32 Å². The maximum Gasteiger partial charge on any atom is 0.274 e. The minimum Gasteiger partial charge on any atom is -0.317 e. The van der Waals surface area contributed by atoms with E-state index in [0.717, 1.165) is 22.3 Å². The molecule has 6 heteroatoms. The van der Waals surface area contributed by atoms with Crippen LogP contribution >= 0.6 is 0 Å². The number of rotatable bonds is 4. The van der Waals surface area contributed by atoms with Crippen molar-refractivity contribution in [2.45, 2.75) is 20.4 Å². The lowest BCUT2D eigenvalue weighted by atomic mass is 10.1. The summed E-state index contributed by atoms with van der Waals surface area (Å²) in [6.07, 6.45) is 1.57. The number of halogens is 1. The number of nitrogens with one attached hydrogen (secondary N) is 1. The fraction of sp³-hybridized carbons (Fsp3) is 0.136. The number of fused-ring (bicyclic) bond motifs is 1. The molecule has 0 radical (unpaired) electrons. The summed E-state index contributed by atoms with van der Waals surface area (Å²) in [4.78, 5) is 16.9. The molecule has 0 atom stereocenters. The number of carbonyl (C=O) groups is 1. The Labute approximate surface area is 161 Å². The number of benzene rings is 2. The summed E-state index contributed by atoms with van der Waals surface area (Å²) in [7, 11) is 0. The van der Waals surface area contributed by atoms with E-state index in [-0.39, 0.29) is 17.4 Å². The third kappa shape index (κ3) is 3.49. The van der Waals surface area contributed by atoms with Crippen LogP contribution in [0.2, 0.25) is 0 Å². The molecule has 140 valence electrons. The number of aromatic nitrogens is 3. The second-order valence-corrected chi connectivity index (χ2v) is 6.70. The smallest absolute Gasteiger partial charge is 0.274 e. The lowest BCUT2D eigenvalue weighted by Crippen LogP contribution is -2.15. The zero-order valence-electron chi connectivity index (χ0n) is 15.6. The zero-order valence-corrected chi connectivity index (χ0v) is 15.6. The van der Waals surface area contributed by atoms with Crippen LogP contribution in [0.3, 0.4) is 0 Å². The van der Waals surface area contributed by atoms with Crippen molar-refractivity contribution in [2.24, 2.45) is 0 Å². The summed E-state index contributed by atoms with van der Waals surface area (Å²) in [6, 6.07) is 16.0. The van der Waals surface area contributed by atoms with Gasteiger partial charge in [0.2, 0.25) is 0 Å². The van der Waals surface area contributed by atoms with Crippen LogP contribution in [-0.2, 0) is 6.54 Å². The maximum absolute atomic E-state index is 13.5. The lowest BCUT2D eigenvalue weighted by Gasteiger charge is -2.08. The Morgan fingerprint density at radius 2 is 1.86 bits per heavy atom. The molecule has 2 aromatic carbocycles. The van der Waals surface area contributed by atoms with Crippen LogP contribution in [-0.4, -0.2) is 20.7 Å².